The van der Waals surface area contributed by atoms with Gasteiger partial charge in [-0.2, -0.15) is 15.0 Å². The Morgan fingerprint density at radius 2 is 1.89 bits per heavy atom. The first kappa shape index (κ1) is 19.8. The maximum Gasteiger partial charge on any atom is 0.232 e. The lowest BCUT2D eigenvalue weighted by Crippen LogP contribution is -2.35. The van der Waals surface area contributed by atoms with Crippen molar-refractivity contribution in [2.24, 2.45) is 0 Å². The fourth-order valence-electron chi connectivity index (χ4n) is 3.17. The minimum absolute atomic E-state index is 0.210. The number of nitrogen functional groups attached to an aromatic ring is 1. The van der Waals surface area contributed by atoms with E-state index in [0.29, 0.717) is 23.6 Å². The molecule has 1 heterocycles. The van der Waals surface area contributed by atoms with Crippen LogP contribution in [0.2, 0.25) is 0 Å². The van der Waals surface area contributed by atoms with Gasteiger partial charge in [-0.1, -0.05) is 60.9 Å². The summed E-state index contributed by atoms with van der Waals surface area (Å²) < 4.78 is 0.883. The lowest BCUT2D eigenvalue weighted by Gasteiger charge is -2.32. The molecule has 27 heavy (non-hydrogen) atoms. The molecular formula is C19H26N6S2. The van der Waals surface area contributed by atoms with Crippen molar-refractivity contribution in [1.29, 1.82) is 0 Å². The number of aromatic nitrogens is 3. The standard InChI is InChI=1S/C19H26N6S2/c1-13-8-10-14(11-9-13)21-18-23-16(22-17(20)24-18)12-27-19(26)25(2)15-6-4-3-5-7-15/h8-11,15H,3-7,12H2,1-2H3,(H3,20,21,22,23,24). The molecule has 144 valence electrons. The van der Waals surface area contributed by atoms with E-state index in [1.165, 1.54) is 37.7 Å². The van der Waals surface area contributed by atoms with E-state index in [4.69, 9.17) is 18.0 Å². The Balaban J connectivity index is 1.60. The van der Waals surface area contributed by atoms with Crippen molar-refractivity contribution in [2.45, 2.75) is 50.8 Å². The second kappa shape index (κ2) is 9.32. The first-order valence-corrected chi connectivity index (χ1v) is 10.6. The van der Waals surface area contributed by atoms with Crippen molar-refractivity contribution in [2.75, 3.05) is 18.1 Å². The number of thiocarbonyl (C=S) groups is 1. The van der Waals surface area contributed by atoms with Crippen LogP contribution in [0.4, 0.5) is 17.6 Å². The molecule has 0 bridgehead atoms. The average molecular weight is 403 g/mol. The zero-order valence-corrected chi connectivity index (χ0v) is 17.4. The highest BCUT2D eigenvalue weighted by molar-refractivity contribution is 8.22. The summed E-state index contributed by atoms with van der Waals surface area (Å²) in [5.41, 5.74) is 7.98. The van der Waals surface area contributed by atoms with Crippen LogP contribution in [0.25, 0.3) is 0 Å². The Kier molecular flexibility index (Phi) is 6.84. The number of hydrogen-bond donors (Lipinski definition) is 2. The summed E-state index contributed by atoms with van der Waals surface area (Å²) in [7, 11) is 2.09. The highest BCUT2D eigenvalue weighted by atomic mass is 32.2. The molecule has 0 unspecified atom stereocenters. The number of benzene rings is 1. The van der Waals surface area contributed by atoms with Crippen molar-refractivity contribution < 1.29 is 0 Å². The molecule has 0 atom stereocenters. The van der Waals surface area contributed by atoms with Crippen LogP contribution in [-0.2, 0) is 5.75 Å². The van der Waals surface area contributed by atoms with Gasteiger partial charge in [-0.3, -0.25) is 0 Å². The molecule has 0 aliphatic heterocycles. The quantitative estimate of drug-likeness (QED) is 0.717. The van der Waals surface area contributed by atoms with Gasteiger partial charge in [0.05, 0.1) is 5.75 Å². The third kappa shape index (κ3) is 5.77. The molecule has 1 aliphatic carbocycles. The molecule has 0 radical (unpaired) electrons. The first-order chi connectivity index (χ1) is 13.0. The van der Waals surface area contributed by atoms with Crippen LogP contribution in [0, 0.1) is 6.92 Å². The molecular weight excluding hydrogens is 376 g/mol. The molecule has 3 rings (SSSR count). The molecule has 6 nitrogen and oxygen atoms in total. The normalized spacial score (nSPS) is 14.7. The number of anilines is 3. The molecule has 1 aromatic heterocycles. The highest BCUT2D eigenvalue weighted by Crippen LogP contribution is 2.25. The van der Waals surface area contributed by atoms with Crippen LogP contribution in [0.3, 0.4) is 0 Å². The largest absolute Gasteiger partial charge is 0.368 e. The lowest BCUT2D eigenvalue weighted by atomic mass is 9.95. The van der Waals surface area contributed by atoms with Crippen LogP contribution in [0.5, 0.6) is 0 Å². The van der Waals surface area contributed by atoms with Gasteiger partial charge in [-0.05, 0) is 31.9 Å². The summed E-state index contributed by atoms with van der Waals surface area (Å²) >= 11 is 7.19. The molecule has 0 amide bonds. The van der Waals surface area contributed by atoms with E-state index in [2.05, 4.69) is 32.2 Å². The van der Waals surface area contributed by atoms with Gasteiger partial charge >= 0.3 is 0 Å². The average Bonchev–Trinajstić information content (AvgIpc) is 2.67. The van der Waals surface area contributed by atoms with Crippen molar-refractivity contribution >= 4 is 45.9 Å². The first-order valence-electron chi connectivity index (χ1n) is 9.25. The predicted octanol–water partition coefficient (Wildman–Crippen LogP) is 4.29. The summed E-state index contributed by atoms with van der Waals surface area (Å²) in [4.78, 5) is 15.1. The Morgan fingerprint density at radius 3 is 2.59 bits per heavy atom. The van der Waals surface area contributed by atoms with Crippen molar-refractivity contribution in [3.8, 4) is 0 Å². The van der Waals surface area contributed by atoms with E-state index in [1.54, 1.807) is 11.8 Å². The fraction of sp³-hybridized carbons (Fsp3) is 0.474. The number of aryl methyl sites for hydroxylation is 1. The van der Waals surface area contributed by atoms with E-state index in [9.17, 15) is 0 Å². The Labute approximate surface area is 170 Å². The molecule has 8 heteroatoms. The van der Waals surface area contributed by atoms with Crippen molar-refractivity contribution in [1.82, 2.24) is 19.9 Å². The minimum atomic E-state index is 0.210. The van der Waals surface area contributed by atoms with Gasteiger partial charge in [0.15, 0.2) is 0 Å². The van der Waals surface area contributed by atoms with E-state index in [-0.39, 0.29) is 5.95 Å². The van der Waals surface area contributed by atoms with E-state index in [1.807, 2.05) is 31.2 Å². The predicted molar refractivity (Wildman–Crippen MR) is 117 cm³/mol. The lowest BCUT2D eigenvalue weighted by molar-refractivity contribution is 0.285. The summed E-state index contributed by atoms with van der Waals surface area (Å²) in [6.07, 6.45) is 6.37. The van der Waals surface area contributed by atoms with Gasteiger partial charge in [0, 0.05) is 18.8 Å². The molecule has 1 aliphatic rings. The molecule has 1 saturated carbocycles. The van der Waals surface area contributed by atoms with Gasteiger partial charge in [0.25, 0.3) is 0 Å². The summed E-state index contributed by atoms with van der Waals surface area (Å²) in [6.45, 7) is 2.05. The maximum atomic E-state index is 5.87. The van der Waals surface area contributed by atoms with Gasteiger partial charge in [0.2, 0.25) is 11.9 Å². The second-order valence-electron chi connectivity index (χ2n) is 6.88. The summed E-state index contributed by atoms with van der Waals surface area (Å²) in [6, 6.07) is 8.59. The molecule has 0 saturated heterocycles. The molecule has 1 aromatic carbocycles. The number of rotatable bonds is 5. The zero-order valence-electron chi connectivity index (χ0n) is 15.8. The Bertz CT molecular complexity index is 774. The SMILES string of the molecule is Cc1ccc(Nc2nc(N)nc(CSC(=S)N(C)C3CCCCC3)n2)cc1. The van der Waals surface area contributed by atoms with Crippen LogP contribution >= 0.6 is 24.0 Å². The number of thioether (sulfide) groups is 1. The molecule has 2 aromatic rings. The third-order valence-electron chi connectivity index (χ3n) is 4.74. The van der Waals surface area contributed by atoms with E-state index in [0.717, 1.165) is 10.0 Å². The molecule has 1 fully saturated rings. The van der Waals surface area contributed by atoms with Gasteiger partial charge in [-0.15, -0.1) is 0 Å². The number of nitrogens with zero attached hydrogens (tertiary/aromatic N) is 4. The van der Waals surface area contributed by atoms with Gasteiger partial charge in [0.1, 0.15) is 10.1 Å². The number of nitrogens with one attached hydrogen (secondary N) is 1. The minimum Gasteiger partial charge on any atom is -0.368 e. The van der Waals surface area contributed by atoms with Gasteiger partial charge < -0.3 is 16.0 Å². The van der Waals surface area contributed by atoms with Crippen LogP contribution in [0.1, 0.15) is 43.5 Å². The van der Waals surface area contributed by atoms with Crippen molar-refractivity contribution in [3.05, 3.63) is 35.7 Å². The second-order valence-corrected chi connectivity index (χ2v) is 8.49. The van der Waals surface area contributed by atoms with E-state index < -0.39 is 0 Å². The summed E-state index contributed by atoms with van der Waals surface area (Å²) in [5, 5.41) is 3.18. The van der Waals surface area contributed by atoms with Crippen molar-refractivity contribution in [3.63, 3.8) is 0 Å². The van der Waals surface area contributed by atoms with Crippen LogP contribution in [-0.4, -0.2) is 37.3 Å². The Morgan fingerprint density at radius 1 is 1.19 bits per heavy atom. The smallest absolute Gasteiger partial charge is 0.232 e. The summed E-state index contributed by atoms with van der Waals surface area (Å²) in [5.74, 6) is 1.86. The van der Waals surface area contributed by atoms with Crippen LogP contribution in [0.15, 0.2) is 24.3 Å². The third-order valence-corrected chi connectivity index (χ3v) is 6.32. The maximum absolute atomic E-state index is 5.87. The number of hydrogen-bond acceptors (Lipinski definition) is 7. The molecule has 3 N–H and O–H groups in total. The van der Waals surface area contributed by atoms with Gasteiger partial charge in [-0.25, -0.2) is 0 Å². The molecule has 0 spiro atoms. The fourth-order valence-corrected chi connectivity index (χ4v) is 4.23. The topological polar surface area (TPSA) is 80.0 Å². The van der Waals surface area contributed by atoms with E-state index >= 15 is 0 Å². The van der Waals surface area contributed by atoms with Crippen LogP contribution < -0.4 is 11.1 Å². The highest BCUT2D eigenvalue weighted by Gasteiger charge is 2.20. The monoisotopic (exact) mass is 402 g/mol. The number of nitrogens with two attached hydrogens (primary N) is 1. The zero-order chi connectivity index (χ0) is 19.2. The Hall–Kier alpha value is -1.93.